The molecule has 132 valence electrons. The lowest BCUT2D eigenvalue weighted by Crippen LogP contribution is -2.23. The lowest BCUT2D eigenvalue weighted by molar-refractivity contribution is -0.132. The van der Waals surface area contributed by atoms with Gasteiger partial charge in [-0.25, -0.2) is 0 Å². The molecule has 1 N–H and O–H groups in total. The van der Waals surface area contributed by atoms with E-state index >= 15 is 0 Å². The number of esters is 1. The number of nitrogens with one attached hydrogen (secondary N) is 1. The third-order valence-electron chi connectivity index (χ3n) is 3.41. The zero-order valence-corrected chi connectivity index (χ0v) is 14.5. The minimum atomic E-state index is -0.473. The largest absolute Gasteiger partial charge is 0.493 e. The van der Waals surface area contributed by atoms with Gasteiger partial charge in [0.05, 0.1) is 7.11 Å². The highest BCUT2D eigenvalue weighted by Gasteiger charge is 2.11. The van der Waals surface area contributed by atoms with Gasteiger partial charge in [-0.2, -0.15) is 5.26 Å². The predicted molar refractivity (Wildman–Crippen MR) is 96.2 cm³/mol. The number of amides is 1. The van der Waals surface area contributed by atoms with E-state index in [0.717, 1.165) is 5.56 Å². The zero-order valence-electron chi connectivity index (χ0n) is 14.5. The molecule has 26 heavy (non-hydrogen) atoms. The lowest BCUT2D eigenvalue weighted by atomic mass is 10.1. The van der Waals surface area contributed by atoms with Crippen LogP contribution in [0.25, 0.3) is 6.08 Å². The molecule has 2 aromatic rings. The Morgan fingerprint density at radius 1 is 1.15 bits per heavy atom. The maximum Gasteiger partial charge on any atom is 0.308 e. The fourth-order valence-corrected chi connectivity index (χ4v) is 2.20. The average molecular weight is 350 g/mol. The normalized spacial score (nSPS) is 10.6. The highest BCUT2D eigenvalue weighted by Crippen LogP contribution is 2.29. The van der Waals surface area contributed by atoms with Crippen molar-refractivity contribution >= 4 is 18.0 Å². The van der Waals surface area contributed by atoms with Gasteiger partial charge in [0, 0.05) is 13.5 Å². The van der Waals surface area contributed by atoms with Crippen molar-refractivity contribution in [1.82, 2.24) is 5.32 Å². The Labute approximate surface area is 151 Å². The number of rotatable bonds is 6. The molecule has 0 radical (unpaired) electrons. The van der Waals surface area contributed by atoms with Gasteiger partial charge in [-0.15, -0.1) is 0 Å². The van der Waals surface area contributed by atoms with Gasteiger partial charge in [0.1, 0.15) is 11.6 Å². The van der Waals surface area contributed by atoms with Crippen molar-refractivity contribution in [2.75, 3.05) is 7.11 Å². The lowest BCUT2D eigenvalue weighted by Gasteiger charge is -2.09. The van der Waals surface area contributed by atoms with Crippen LogP contribution in [0.5, 0.6) is 11.5 Å². The van der Waals surface area contributed by atoms with Crippen LogP contribution in [0.3, 0.4) is 0 Å². The summed E-state index contributed by atoms with van der Waals surface area (Å²) in [5, 5.41) is 12.0. The third-order valence-corrected chi connectivity index (χ3v) is 3.41. The number of benzene rings is 2. The summed E-state index contributed by atoms with van der Waals surface area (Å²) in [7, 11) is 1.44. The van der Waals surface area contributed by atoms with E-state index in [1.165, 1.54) is 20.1 Å². The average Bonchev–Trinajstić information content (AvgIpc) is 2.65. The van der Waals surface area contributed by atoms with E-state index < -0.39 is 11.9 Å². The van der Waals surface area contributed by atoms with Crippen LogP contribution in [0.1, 0.15) is 18.1 Å². The monoisotopic (exact) mass is 350 g/mol. The summed E-state index contributed by atoms with van der Waals surface area (Å²) < 4.78 is 10.2. The Kier molecular flexibility index (Phi) is 6.52. The second kappa shape index (κ2) is 9.04. The smallest absolute Gasteiger partial charge is 0.308 e. The number of nitriles is 1. The van der Waals surface area contributed by atoms with Crippen LogP contribution in [0.2, 0.25) is 0 Å². The second-order valence-corrected chi connectivity index (χ2v) is 5.34. The summed E-state index contributed by atoms with van der Waals surface area (Å²) >= 11 is 0. The molecule has 0 aliphatic rings. The summed E-state index contributed by atoms with van der Waals surface area (Å²) in [4.78, 5) is 23.3. The number of carbonyl (C=O) groups excluding carboxylic acids is 2. The van der Waals surface area contributed by atoms with Gasteiger partial charge in [0.2, 0.25) is 0 Å². The Morgan fingerprint density at radius 3 is 2.50 bits per heavy atom. The van der Waals surface area contributed by atoms with Gasteiger partial charge < -0.3 is 14.8 Å². The standard InChI is InChI=1S/C20H18N2O4/c1-14(23)26-18-9-8-16(11-19(18)25-2)10-17(12-21)20(24)22-13-15-6-4-3-5-7-15/h3-11H,13H2,1-2H3,(H,22,24)/b17-10-. The van der Waals surface area contributed by atoms with E-state index in [-0.39, 0.29) is 11.3 Å². The zero-order chi connectivity index (χ0) is 18.9. The number of hydrogen-bond donors (Lipinski definition) is 1. The molecular weight excluding hydrogens is 332 g/mol. The highest BCUT2D eigenvalue weighted by molar-refractivity contribution is 6.01. The molecule has 0 unspecified atom stereocenters. The van der Waals surface area contributed by atoms with Crippen molar-refractivity contribution in [3.63, 3.8) is 0 Å². The first-order chi connectivity index (χ1) is 12.5. The molecule has 6 nitrogen and oxygen atoms in total. The van der Waals surface area contributed by atoms with Crippen LogP contribution in [-0.2, 0) is 16.1 Å². The molecule has 1 amide bonds. The van der Waals surface area contributed by atoms with Crippen LogP contribution >= 0.6 is 0 Å². The van der Waals surface area contributed by atoms with Gasteiger partial charge in [-0.3, -0.25) is 9.59 Å². The molecule has 2 aromatic carbocycles. The van der Waals surface area contributed by atoms with Crippen molar-refractivity contribution in [1.29, 1.82) is 5.26 Å². The Hall–Kier alpha value is -3.59. The summed E-state index contributed by atoms with van der Waals surface area (Å²) in [6.07, 6.45) is 1.44. The van der Waals surface area contributed by atoms with Gasteiger partial charge >= 0.3 is 5.97 Å². The molecule has 0 aliphatic heterocycles. The summed E-state index contributed by atoms with van der Waals surface area (Å²) in [5.74, 6) is -0.343. The first kappa shape index (κ1) is 18.7. The number of hydrogen-bond acceptors (Lipinski definition) is 5. The first-order valence-corrected chi connectivity index (χ1v) is 7.84. The molecule has 0 saturated heterocycles. The third kappa shape index (κ3) is 5.21. The van der Waals surface area contributed by atoms with Crippen LogP contribution in [-0.4, -0.2) is 19.0 Å². The maximum atomic E-state index is 12.2. The van der Waals surface area contributed by atoms with Crippen LogP contribution in [0.4, 0.5) is 0 Å². The fourth-order valence-electron chi connectivity index (χ4n) is 2.20. The molecule has 0 saturated carbocycles. The van der Waals surface area contributed by atoms with Crippen molar-refractivity contribution in [3.8, 4) is 17.6 Å². The maximum absolute atomic E-state index is 12.2. The Morgan fingerprint density at radius 2 is 1.88 bits per heavy atom. The number of carbonyl (C=O) groups is 2. The minimum absolute atomic E-state index is 0.0387. The molecule has 6 heteroatoms. The van der Waals surface area contributed by atoms with E-state index in [1.54, 1.807) is 18.2 Å². The molecular formula is C20H18N2O4. The SMILES string of the molecule is COc1cc(/C=C(/C#N)C(=O)NCc2ccccc2)ccc1OC(C)=O. The van der Waals surface area contributed by atoms with E-state index in [1.807, 2.05) is 36.4 Å². The topological polar surface area (TPSA) is 88.4 Å². The van der Waals surface area contributed by atoms with E-state index in [9.17, 15) is 14.9 Å². The second-order valence-electron chi connectivity index (χ2n) is 5.34. The number of nitrogens with zero attached hydrogens (tertiary/aromatic N) is 1. The first-order valence-electron chi connectivity index (χ1n) is 7.84. The van der Waals surface area contributed by atoms with E-state index in [4.69, 9.17) is 9.47 Å². The quantitative estimate of drug-likeness (QED) is 0.374. The van der Waals surface area contributed by atoms with Crippen LogP contribution in [0, 0.1) is 11.3 Å². The fraction of sp³-hybridized carbons (Fsp3) is 0.150. The summed E-state index contributed by atoms with van der Waals surface area (Å²) in [6.45, 7) is 1.62. The number of ether oxygens (including phenoxy) is 2. The minimum Gasteiger partial charge on any atom is -0.493 e. The van der Waals surface area contributed by atoms with Crippen molar-refractivity contribution in [3.05, 3.63) is 65.2 Å². The van der Waals surface area contributed by atoms with Gasteiger partial charge in [-0.1, -0.05) is 36.4 Å². The summed E-state index contributed by atoms with van der Waals surface area (Å²) in [6, 6.07) is 16.1. The van der Waals surface area contributed by atoms with Crippen molar-refractivity contribution in [2.45, 2.75) is 13.5 Å². The molecule has 0 fully saturated rings. The van der Waals surface area contributed by atoms with E-state index in [0.29, 0.717) is 17.9 Å². The number of methoxy groups -OCH3 is 1. The molecule has 0 heterocycles. The molecule has 2 rings (SSSR count). The molecule has 0 aliphatic carbocycles. The van der Waals surface area contributed by atoms with Crippen LogP contribution < -0.4 is 14.8 Å². The van der Waals surface area contributed by atoms with Gasteiger partial charge in [0.25, 0.3) is 5.91 Å². The van der Waals surface area contributed by atoms with Gasteiger partial charge in [0.15, 0.2) is 11.5 Å². The highest BCUT2D eigenvalue weighted by atomic mass is 16.6. The van der Waals surface area contributed by atoms with Crippen LogP contribution in [0.15, 0.2) is 54.1 Å². The molecule has 0 spiro atoms. The Balaban J connectivity index is 2.15. The van der Waals surface area contributed by atoms with Gasteiger partial charge in [-0.05, 0) is 29.3 Å². The Bertz CT molecular complexity index is 867. The molecule has 0 bridgehead atoms. The molecule has 0 aromatic heterocycles. The van der Waals surface area contributed by atoms with Crippen molar-refractivity contribution < 1.29 is 19.1 Å². The van der Waals surface area contributed by atoms with Crippen molar-refractivity contribution in [2.24, 2.45) is 0 Å². The summed E-state index contributed by atoms with van der Waals surface area (Å²) in [5.41, 5.74) is 1.47. The van der Waals surface area contributed by atoms with E-state index in [2.05, 4.69) is 5.32 Å². The predicted octanol–water partition coefficient (Wildman–Crippen LogP) is 2.84. The molecule has 0 atom stereocenters.